The van der Waals surface area contributed by atoms with E-state index in [9.17, 15) is 14.7 Å². The fourth-order valence-electron chi connectivity index (χ4n) is 3.68. The van der Waals surface area contributed by atoms with Gasteiger partial charge in [0.25, 0.3) is 11.7 Å². The largest absolute Gasteiger partial charge is 0.507 e. The zero-order chi connectivity index (χ0) is 22.8. The van der Waals surface area contributed by atoms with Gasteiger partial charge in [0, 0.05) is 29.7 Å². The van der Waals surface area contributed by atoms with Crippen molar-refractivity contribution in [3.63, 3.8) is 0 Å². The molecule has 4 rings (SSSR count). The first-order valence-electron chi connectivity index (χ1n) is 9.65. The number of aromatic nitrogens is 1. The number of aliphatic hydroxyl groups excluding tert-OH is 1. The number of ketones is 1. The second-order valence-corrected chi connectivity index (χ2v) is 7.86. The third kappa shape index (κ3) is 3.73. The van der Waals surface area contributed by atoms with Crippen LogP contribution in [0.25, 0.3) is 5.76 Å². The zero-order valence-electron chi connectivity index (χ0n) is 17.3. The Hall–Kier alpha value is -3.65. The van der Waals surface area contributed by atoms with E-state index >= 15 is 0 Å². The van der Waals surface area contributed by atoms with E-state index in [1.54, 1.807) is 67.0 Å². The number of halogens is 1. The normalized spacial score (nSPS) is 17.5. The first kappa shape index (κ1) is 21.6. The molecule has 2 aromatic carbocycles. The summed E-state index contributed by atoms with van der Waals surface area (Å²) < 4.78 is 11.1. The molecule has 1 atom stereocenters. The summed E-state index contributed by atoms with van der Waals surface area (Å²) in [6.45, 7) is 0. The summed E-state index contributed by atoms with van der Waals surface area (Å²) in [5.74, 6) is -0.714. The molecule has 1 saturated heterocycles. The molecule has 2 heterocycles. The predicted octanol–water partition coefficient (Wildman–Crippen LogP) is 4.49. The van der Waals surface area contributed by atoms with Gasteiger partial charge in [-0.15, -0.1) is 0 Å². The van der Waals surface area contributed by atoms with E-state index in [0.29, 0.717) is 32.8 Å². The summed E-state index contributed by atoms with van der Waals surface area (Å²) >= 11 is 3.39. The van der Waals surface area contributed by atoms with E-state index < -0.39 is 17.7 Å². The minimum Gasteiger partial charge on any atom is -0.507 e. The third-order valence-corrected chi connectivity index (χ3v) is 5.82. The van der Waals surface area contributed by atoms with E-state index in [0.717, 1.165) is 0 Å². The van der Waals surface area contributed by atoms with Crippen LogP contribution in [-0.4, -0.2) is 36.0 Å². The van der Waals surface area contributed by atoms with Gasteiger partial charge in [0.1, 0.15) is 17.3 Å². The van der Waals surface area contributed by atoms with Crippen molar-refractivity contribution < 1.29 is 24.2 Å². The molecule has 162 valence electrons. The van der Waals surface area contributed by atoms with E-state index in [1.807, 2.05) is 0 Å². The molecule has 0 saturated carbocycles. The van der Waals surface area contributed by atoms with Gasteiger partial charge in [-0.3, -0.25) is 19.5 Å². The molecule has 1 unspecified atom stereocenters. The summed E-state index contributed by atoms with van der Waals surface area (Å²) in [7, 11) is 3.05. The first-order valence-corrected chi connectivity index (χ1v) is 10.4. The van der Waals surface area contributed by atoms with E-state index in [1.165, 1.54) is 19.1 Å². The average Bonchev–Trinajstić information content (AvgIpc) is 3.09. The monoisotopic (exact) mass is 494 g/mol. The van der Waals surface area contributed by atoms with Crippen molar-refractivity contribution in [3.8, 4) is 11.5 Å². The third-order valence-electron chi connectivity index (χ3n) is 5.20. The Bertz CT molecular complexity index is 1230. The van der Waals surface area contributed by atoms with E-state index in [4.69, 9.17) is 9.47 Å². The quantitative estimate of drug-likeness (QED) is 0.319. The first-order chi connectivity index (χ1) is 15.5. The zero-order valence-corrected chi connectivity index (χ0v) is 18.9. The molecule has 0 aliphatic carbocycles. The highest BCUT2D eigenvalue weighted by atomic mass is 79.9. The molecule has 0 radical (unpaired) electrons. The Morgan fingerprint density at radius 3 is 2.53 bits per heavy atom. The van der Waals surface area contributed by atoms with Gasteiger partial charge in [-0.25, -0.2) is 0 Å². The van der Waals surface area contributed by atoms with Crippen LogP contribution in [-0.2, 0) is 9.59 Å². The molecule has 1 aliphatic heterocycles. The number of aliphatic hydroxyl groups is 1. The lowest BCUT2D eigenvalue weighted by atomic mass is 9.96. The fraction of sp³-hybridized carbons (Fsp3) is 0.125. The minimum atomic E-state index is -0.864. The van der Waals surface area contributed by atoms with Crippen molar-refractivity contribution >= 4 is 39.1 Å². The van der Waals surface area contributed by atoms with Crippen molar-refractivity contribution in [1.82, 2.24) is 4.98 Å². The Morgan fingerprint density at radius 2 is 1.88 bits per heavy atom. The standard InChI is InChI=1S/C24H19BrN2O5/c1-31-17-7-3-6-16(12-17)27-21(15-5-4-10-26-13-15)20(23(29)24(27)30)22(28)14-8-9-19(32-2)18(25)11-14/h3-13,21,28H,1-2H3/b22-20+. The number of nitrogens with zero attached hydrogens (tertiary/aromatic N) is 2. The maximum Gasteiger partial charge on any atom is 0.300 e. The Labute approximate surface area is 193 Å². The highest BCUT2D eigenvalue weighted by Gasteiger charge is 2.47. The van der Waals surface area contributed by atoms with Crippen LogP contribution in [0, 0.1) is 0 Å². The lowest BCUT2D eigenvalue weighted by Crippen LogP contribution is -2.29. The summed E-state index contributed by atoms with van der Waals surface area (Å²) in [4.78, 5) is 31.8. The summed E-state index contributed by atoms with van der Waals surface area (Å²) in [6, 6.07) is 14.4. The number of hydrogen-bond acceptors (Lipinski definition) is 6. The number of hydrogen-bond donors (Lipinski definition) is 1. The predicted molar refractivity (Wildman–Crippen MR) is 123 cm³/mol. The average molecular weight is 495 g/mol. The number of pyridine rings is 1. The summed E-state index contributed by atoms with van der Waals surface area (Å²) in [6.07, 6.45) is 3.17. The minimum absolute atomic E-state index is 0.0251. The van der Waals surface area contributed by atoms with Crippen LogP contribution in [0.2, 0.25) is 0 Å². The number of anilines is 1. The van der Waals surface area contributed by atoms with Gasteiger partial charge in [-0.05, 0) is 57.9 Å². The molecule has 0 spiro atoms. The van der Waals surface area contributed by atoms with Crippen molar-refractivity contribution in [2.45, 2.75) is 6.04 Å². The van der Waals surface area contributed by atoms with Crippen LogP contribution < -0.4 is 14.4 Å². The van der Waals surface area contributed by atoms with E-state index in [2.05, 4.69) is 20.9 Å². The van der Waals surface area contributed by atoms with Crippen LogP contribution in [0.1, 0.15) is 17.2 Å². The number of benzene rings is 2. The molecule has 0 bridgehead atoms. The molecule has 7 nitrogen and oxygen atoms in total. The molecule has 1 N–H and O–H groups in total. The van der Waals surface area contributed by atoms with Crippen molar-refractivity contribution in [3.05, 3.63) is 88.2 Å². The van der Waals surface area contributed by atoms with Crippen LogP contribution >= 0.6 is 15.9 Å². The van der Waals surface area contributed by atoms with Gasteiger partial charge >= 0.3 is 0 Å². The van der Waals surface area contributed by atoms with E-state index in [-0.39, 0.29) is 11.3 Å². The number of carbonyl (C=O) groups excluding carboxylic acids is 2. The molecule has 3 aromatic rings. The molecule has 1 aromatic heterocycles. The molecule has 1 amide bonds. The molecule has 1 fully saturated rings. The number of Topliss-reactive ketones (excluding diaryl/α,β-unsaturated/α-hetero) is 1. The maximum absolute atomic E-state index is 13.2. The molecular formula is C24H19BrN2O5. The van der Waals surface area contributed by atoms with Crippen molar-refractivity contribution in [2.75, 3.05) is 19.1 Å². The van der Waals surface area contributed by atoms with Gasteiger partial charge in [0.15, 0.2) is 0 Å². The van der Waals surface area contributed by atoms with Crippen molar-refractivity contribution in [1.29, 1.82) is 0 Å². The molecule has 32 heavy (non-hydrogen) atoms. The summed E-state index contributed by atoms with van der Waals surface area (Å²) in [5, 5.41) is 11.2. The van der Waals surface area contributed by atoms with Gasteiger partial charge < -0.3 is 14.6 Å². The lowest BCUT2D eigenvalue weighted by molar-refractivity contribution is -0.132. The molecule has 8 heteroatoms. The van der Waals surface area contributed by atoms with Crippen LogP contribution in [0.4, 0.5) is 5.69 Å². The van der Waals surface area contributed by atoms with Crippen LogP contribution in [0.5, 0.6) is 11.5 Å². The molecular weight excluding hydrogens is 476 g/mol. The molecule has 1 aliphatic rings. The Balaban J connectivity index is 1.93. The fourth-order valence-corrected chi connectivity index (χ4v) is 4.22. The number of ether oxygens (including phenoxy) is 2. The van der Waals surface area contributed by atoms with Gasteiger partial charge in [-0.2, -0.15) is 0 Å². The van der Waals surface area contributed by atoms with Gasteiger partial charge in [-0.1, -0.05) is 12.1 Å². The number of amides is 1. The smallest absolute Gasteiger partial charge is 0.300 e. The van der Waals surface area contributed by atoms with Crippen LogP contribution in [0.15, 0.2) is 77.0 Å². The number of carbonyl (C=O) groups is 2. The summed E-state index contributed by atoms with van der Waals surface area (Å²) in [5.41, 5.74) is 1.40. The second kappa shape index (κ2) is 8.84. The lowest BCUT2D eigenvalue weighted by Gasteiger charge is -2.25. The Morgan fingerprint density at radius 1 is 1.06 bits per heavy atom. The SMILES string of the molecule is COc1cccc(N2C(=O)C(=O)/C(=C(/O)c3ccc(OC)c(Br)c3)C2c2cccnc2)c1. The van der Waals surface area contributed by atoms with Gasteiger partial charge in [0.2, 0.25) is 0 Å². The number of methoxy groups -OCH3 is 2. The highest BCUT2D eigenvalue weighted by molar-refractivity contribution is 9.10. The maximum atomic E-state index is 13.2. The highest BCUT2D eigenvalue weighted by Crippen LogP contribution is 2.43. The van der Waals surface area contributed by atoms with Crippen LogP contribution in [0.3, 0.4) is 0 Å². The second-order valence-electron chi connectivity index (χ2n) is 7.01. The van der Waals surface area contributed by atoms with Gasteiger partial charge in [0.05, 0.1) is 30.3 Å². The topological polar surface area (TPSA) is 89.0 Å². The Kier molecular flexibility index (Phi) is 5.96. The number of rotatable bonds is 5. The van der Waals surface area contributed by atoms with Crippen molar-refractivity contribution in [2.24, 2.45) is 0 Å².